The molecule has 0 aromatic heterocycles. The van der Waals surface area contributed by atoms with Gasteiger partial charge in [0.05, 0.1) is 13.0 Å². The van der Waals surface area contributed by atoms with E-state index in [1.807, 2.05) is 12.1 Å². The van der Waals surface area contributed by atoms with Gasteiger partial charge in [0.25, 0.3) is 0 Å². The quantitative estimate of drug-likeness (QED) is 0.758. The minimum absolute atomic E-state index is 0.107. The predicted octanol–water partition coefficient (Wildman–Crippen LogP) is 4.85. The first-order valence-corrected chi connectivity index (χ1v) is 8.23. The smallest absolute Gasteiger partial charge is 0.312 e. The normalized spacial score (nSPS) is 17.6. The number of methoxy groups -OCH3 is 1. The van der Waals surface area contributed by atoms with Gasteiger partial charge in [-0.2, -0.15) is 0 Å². The van der Waals surface area contributed by atoms with Crippen LogP contribution in [0.4, 0.5) is 0 Å². The summed E-state index contributed by atoms with van der Waals surface area (Å²) in [4.78, 5) is 12.3. The summed E-state index contributed by atoms with van der Waals surface area (Å²) in [5.41, 5.74) is 4.76. The fraction of sp³-hybridized carbons (Fsp3) is 0.286. The van der Waals surface area contributed by atoms with Gasteiger partial charge in [0.2, 0.25) is 0 Å². The number of rotatable bonds is 3. The van der Waals surface area contributed by atoms with Gasteiger partial charge in [-0.05, 0) is 41.5 Å². The minimum Gasteiger partial charge on any atom is -0.469 e. The zero-order valence-electron chi connectivity index (χ0n) is 13.5. The van der Waals surface area contributed by atoms with Crippen molar-refractivity contribution in [2.45, 2.75) is 25.7 Å². The highest BCUT2D eigenvalue weighted by atomic mass is 16.5. The van der Waals surface area contributed by atoms with Crippen LogP contribution in [0, 0.1) is 5.92 Å². The Hall–Kier alpha value is -2.35. The Bertz CT molecular complexity index is 645. The summed E-state index contributed by atoms with van der Waals surface area (Å²) < 4.78 is 5.07. The third-order valence-electron chi connectivity index (χ3n) is 4.54. The summed E-state index contributed by atoms with van der Waals surface area (Å²) in [5, 5.41) is 0. The van der Waals surface area contributed by atoms with Gasteiger partial charge >= 0.3 is 5.97 Å². The monoisotopic (exact) mass is 306 g/mol. The number of carbonyl (C=O) groups excluding carboxylic acids is 1. The number of hydrogen-bond acceptors (Lipinski definition) is 2. The van der Waals surface area contributed by atoms with Crippen molar-refractivity contribution in [3.8, 4) is 0 Å². The van der Waals surface area contributed by atoms with Crippen molar-refractivity contribution >= 4 is 11.5 Å². The van der Waals surface area contributed by atoms with Crippen LogP contribution in [0.1, 0.15) is 36.8 Å². The van der Waals surface area contributed by atoms with Crippen LogP contribution in [-0.2, 0) is 9.53 Å². The molecule has 0 N–H and O–H groups in total. The van der Waals surface area contributed by atoms with Gasteiger partial charge in [-0.25, -0.2) is 0 Å². The molecule has 23 heavy (non-hydrogen) atoms. The van der Waals surface area contributed by atoms with E-state index in [1.165, 1.54) is 29.4 Å². The Morgan fingerprint density at radius 3 is 2.00 bits per heavy atom. The van der Waals surface area contributed by atoms with Crippen LogP contribution in [0.3, 0.4) is 0 Å². The molecular formula is C21H22O2. The SMILES string of the molecule is COC(=O)C1CCCCC1=C(c1ccccc1)c1ccccc1. The van der Waals surface area contributed by atoms with E-state index in [2.05, 4.69) is 48.5 Å². The summed E-state index contributed by atoms with van der Waals surface area (Å²) in [7, 11) is 1.49. The summed E-state index contributed by atoms with van der Waals surface area (Å²) >= 11 is 0. The molecule has 0 radical (unpaired) electrons. The molecule has 0 bridgehead atoms. The first-order valence-electron chi connectivity index (χ1n) is 8.23. The van der Waals surface area contributed by atoms with Crippen LogP contribution >= 0.6 is 0 Å². The lowest BCUT2D eigenvalue weighted by molar-refractivity contribution is -0.144. The average molecular weight is 306 g/mol. The molecular weight excluding hydrogens is 284 g/mol. The van der Waals surface area contributed by atoms with E-state index in [9.17, 15) is 4.79 Å². The molecule has 0 spiro atoms. The van der Waals surface area contributed by atoms with Crippen molar-refractivity contribution in [3.05, 3.63) is 77.4 Å². The molecule has 1 saturated carbocycles. The number of benzene rings is 2. The van der Waals surface area contributed by atoms with E-state index in [0.29, 0.717) is 0 Å². The number of ether oxygens (including phenoxy) is 1. The summed E-state index contributed by atoms with van der Waals surface area (Å²) in [5.74, 6) is -0.228. The predicted molar refractivity (Wildman–Crippen MR) is 92.9 cm³/mol. The van der Waals surface area contributed by atoms with Gasteiger partial charge in [-0.3, -0.25) is 4.79 Å². The maximum Gasteiger partial charge on any atom is 0.312 e. The molecule has 2 aromatic rings. The van der Waals surface area contributed by atoms with Crippen LogP contribution in [0.2, 0.25) is 0 Å². The molecule has 0 aliphatic heterocycles. The second-order valence-corrected chi connectivity index (χ2v) is 5.95. The van der Waals surface area contributed by atoms with Crippen LogP contribution in [0.15, 0.2) is 66.2 Å². The van der Waals surface area contributed by atoms with Gasteiger partial charge in [0.15, 0.2) is 0 Å². The first-order chi connectivity index (χ1) is 11.3. The summed E-state index contributed by atoms with van der Waals surface area (Å²) in [6, 6.07) is 20.7. The average Bonchev–Trinajstić information content (AvgIpc) is 2.63. The van der Waals surface area contributed by atoms with E-state index in [1.54, 1.807) is 0 Å². The Balaban J connectivity index is 2.18. The molecule has 0 amide bonds. The first kappa shape index (κ1) is 15.5. The van der Waals surface area contributed by atoms with Gasteiger partial charge in [0.1, 0.15) is 0 Å². The van der Waals surface area contributed by atoms with E-state index >= 15 is 0 Å². The van der Waals surface area contributed by atoms with Crippen LogP contribution in [0.25, 0.3) is 5.57 Å². The van der Waals surface area contributed by atoms with Crippen molar-refractivity contribution in [3.63, 3.8) is 0 Å². The van der Waals surface area contributed by atoms with Gasteiger partial charge < -0.3 is 4.74 Å². The van der Waals surface area contributed by atoms with Gasteiger partial charge in [0, 0.05) is 0 Å². The van der Waals surface area contributed by atoms with Crippen LogP contribution in [-0.4, -0.2) is 13.1 Å². The fourth-order valence-electron chi connectivity index (χ4n) is 3.46. The molecule has 0 saturated heterocycles. The molecule has 1 aliphatic carbocycles. The summed E-state index contributed by atoms with van der Waals surface area (Å²) in [6.45, 7) is 0. The van der Waals surface area contributed by atoms with E-state index in [4.69, 9.17) is 4.74 Å². The molecule has 1 aliphatic rings. The molecule has 2 heteroatoms. The molecule has 1 fully saturated rings. The maximum absolute atomic E-state index is 12.3. The van der Waals surface area contributed by atoms with Crippen molar-refractivity contribution in [1.82, 2.24) is 0 Å². The molecule has 2 aromatic carbocycles. The Morgan fingerprint density at radius 2 is 1.48 bits per heavy atom. The lowest BCUT2D eigenvalue weighted by atomic mass is 9.78. The van der Waals surface area contributed by atoms with Crippen LogP contribution in [0.5, 0.6) is 0 Å². The molecule has 118 valence electrons. The number of hydrogen-bond donors (Lipinski definition) is 0. The van der Waals surface area contributed by atoms with Gasteiger partial charge in [-0.15, -0.1) is 0 Å². The molecule has 3 rings (SSSR count). The standard InChI is InChI=1S/C21H22O2/c1-23-21(22)19-15-9-8-14-18(19)20(16-10-4-2-5-11-16)17-12-6-3-7-13-17/h2-7,10-13,19H,8-9,14-15H2,1H3. The van der Waals surface area contributed by atoms with E-state index < -0.39 is 0 Å². The zero-order chi connectivity index (χ0) is 16.1. The lowest BCUT2D eigenvalue weighted by Crippen LogP contribution is -2.23. The summed E-state index contributed by atoms with van der Waals surface area (Å²) in [6.07, 6.45) is 4.05. The van der Waals surface area contributed by atoms with E-state index in [0.717, 1.165) is 25.7 Å². The Kier molecular flexibility index (Phi) is 4.92. The minimum atomic E-state index is -0.121. The van der Waals surface area contributed by atoms with Gasteiger partial charge in [-0.1, -0.05) is 67.1 Å². The molecule has 1 atom stereocenters. The highest BCUT2D eigenvalue weighted by molar-refractivity contribution is 5.87. The zero-order valence-corrected chi connectivity index (χ0v) is 13.5. The largest absolute Gasteiger partial charge is 0.469 e. The number of esters is 1. The van der Waals surface area contributed by atoms with Crippen LogP contribution < -0.4 is 0 Å². The van der Waals surface area contributed by atoms with E-state index in [-0.39, 0.29) is 11.9 Å². The molecule has 1 unspecified atom stereocenters. The lowest BCUT2D eigenvalue weighted by Gasteiger charge is -2.27. The fourth-order valence-corrected chi connectivity index (χ4v) is 3.46. The second-order valence-electron chi connectivity index (χ2n) is 5.95. The van der Waals surface area contributed by atoms with Crippen molar-refractivity contribution < 1.29 is 9.53 Å². The topological polar surface area (TPSA) is 26.3 Å². The third-order valence-corrected chi connectivity index (χ3v) is 4.54. The third kappa shape index (κ3) is 3.37. The Morgan fingerprint density at radius 1 is 0.913 bits per heavy atom. The van der Waals surface area contributed by atoms with Crippen molar-refractivity contribution in [1.29, 1.82) is 0 Å². The van der Waals surface area contributed by atoms with Crippen molar-refractivity contribution in [2.75, 3.05) is 7.11 Å². The number of carbonyl (C=O) groups is 1. The second kappa shape index (κ2) is 7.28. The van der Waals surface area contributed by atoms with Crippen molar-refractivity contribution in [2.24, 2.45) is 5.92 Å². The molecule has 0 heterocycles. The Labute approximate surface area is 137 Å². The maximum atomic E-state index is 12.3. The highest BCUT2D eigenvalue weighted by Gasteiger charge is 2.29. The highest BCUT2D eigenvalue weighted by Crippen LogP contribution is 2.38. The molecule has 2 nitrogen and oxygen atoms in total.